The number of esters is 1. The lowest BCUT2D eigenvalue weighted by atomic mass is 10.2. The number of benzene rings is 1. The molecule has 2 heterocycles. The Bertz CT molecular complexity index is 885. The predicted molar refractivity (Wildman–Crippen MR) is 79.4 cm³/mol. The molecule has 22 heavy (non-hydrogen) atoms. The Morgan fingerprint density at radius 1 is 1.14 bits per heavy atom. The molecule has 0 atom stereocenters. The molecular formula is C16H12N2O4. The fourth-order valence-corrected chi connectivity index (χ4v) is 1.97. The maximum atomic E-state index is 12.0. The molecule has 0 fully saturated rings. The van der Waals surface area contributed by atoms with Crippen LogP contribution in [0.2, 0.25) is 0 Å². The molecule has 0 aliphatic heterocycles. The molecule has 110 valence electrons. The Morgan fingerprint density at radius 3 is 2.64 bits per heavy atom. The molecule has 3 rings (SSSR count). The van der Waals surface area contributed by atoms with Crippen LogP contribution in [-0.2, 0) is 0 Å². The fraction of sp³-hybridized carbons (Fsp3) is 0.0625. The molecule has 0 amide bonds. The second kappa shape index (κ2) is 5.69. The third-order valence-corrected chi connectivity index (χ3v) is 3.07. The second-order valence-corrected chi connectivity index (χ2v) is 4.48. The van der Waals surface area contributed by atoms with Gasteiger partial charge in [-0.3, -0.25) is 9.20 Å². The van der Waals surface area contributed by atoms with Crippen LogP contribution < -0.4 is 15.0 Å². The molecular weight excluding hydrogens is 284 g/mol. The van der Waals surface area contributed by atoms with Gasteiger partial charge in [-0.1, -0.05) is 6.07 Å². The van der Waals surface area contributed by atoms with Crippen molar-refractivity contribution in [2.45, 2.75) is 0 Å². The molecule has 0 spiro atoms. The maximum Gasteiger partial charge on any atom is 0.344 e. The molecule has 6 heteroatoms. The summed E-state index contributed by atoms with van der Waals surface area (Å²) in [5, 5.41) is 0. The van der Waals surface area contributed by atoms with Gasteiger partial charge in [0.25, 0.3) is 5.56 Å². The van der Waals surface area contributed by atoms with E-state index in [4.69, 9.17) is 9.47 Å². The van der Waals surface area contributed by atoms with E-state index in [1.54, 1.807) is 55.8 Å². The lowest BCUT2D eigenvalue weighted by molar-refractivity contribution is 0.0727. The largest absolute Gasteiger partial charge is 0.497 e. The minimum atomic E-state index is -0.588. The summed E-state index contributed by atoms with van der Waals surface area (Å²) in [6, 6.07) is 12.8. The topological polar surface area (TPSA) is 69.9 Å². The van der Waals surface area contributed by atoms with Crippen molar-refractivity contribution >= 4 is 11.6 Å². The van der Waals surface area contributed by atoms with Gasteiger partial charge in [-0.05, 0) is 36.4 Å². The van der Waals surface area contributed by atoms with E-state index in [2.05, 4.69) is 4.98 Å². The Morgan fingerprint density at radius 2 is 1.91 bits per heavy atom. The summed E-state index contributed by atoms with van der Waals surface area (Å²) in [6.45, 7) is 0. The molecule has 0 saturated heterocycles. The highest BCUT2D eigenvalue weighted by atomic mass is 16.5. The average molecular weight is 296 g/mol. The van der Waals surface area contributed by atoms with Crippen molar-refractivity contribution < 1.29 is 14.3 Å². The number of pyridine rings is 1. The van der Waals surface area contributed by atoms with Crippen LogP contribution >= 0.6 is 0 Å². The monoisotopic (exact) mass is 296 g/mol. The highest BCUT2D eigenvalue weighted by Gasteiger charge is 2.11. The number of carbonyl (C=O) groups excluding carboxylic acids is 1. The minimum absolute atomic E-state index is 0.0305. The molecule has 0 N–H and O–H groups in total. The maximum absolute atomic E-state index is 12.0. The molecule has 0 saturated carbocycles. The Balaban J connectivity index is 1.88. The lowest BCUT2D eigenvalue weighted by Gasteiger charge is -2.05. The smallest absolute Gasteiger partial charge is 0.344 e. The van der Waals surface area contributed by atoms with Crippen molar-refractivity contribution in [2.75, 3.05) is 7.11 Å². The van der Waals surface area contributed by atoms with Gasteiger partial charge < -0.3 is 9.47 Å². The fourth-order valence-electron chi connectivity index (χ4n) is 1.97. The Hall–Kier alpha value is -3.15. The molecule has 0 radical (unpaired) electrons. The third-order valence-electron chi connectivity index (χ3n) is 3.07. The second-order valence-electron chi connectivity index (χ2n) is 4.48. The average Bonchev–Trinajstić information content (AvgIpc) is 2.55. The number of carbonyl (C=O) groups is 1. The van der Waals surface area contributed by atoms with Gasteiger partial charge in [0.05, 0.1) is 18.7 Å². The lowest BCUT2D eigenvalue weighted by Crippen LogP contribution is -2.16. The summed E-state index contributed by atoms with van der Waals surface area (Å²) in [7, 11) is 1.54. The summed E-state index contributed by atoms with van der Waals surface area (Å²) in [5.74, 6) is 0.0190. The number of nitrogens with zero attached hydrogens (tertiary/aromatic N) is 2. The van der Waals surface area contributed by atoms with Crippen molar-refractivity contribution in [3.05, 3.63) is 70.6 Å². The Labute approximate surface area is 125 Å². The predicted octanol–water partition coefficient (Wildman–Crippen LogP) is 1.92. The summed E-state index contributed by atoms with van der Waals surface area (Å²) < 4.78 is 11.5. The van der Waals surface area contributed by atoms with E-state index in [0.717, 1.165) is 0 Å². The van der Waals surface area contributed by atoms with Gasteiger partial charge in [-0.25, -0.2) is 4.79 Å². The molecule has 6 nitrogen and oxygen atoms in total. The number of ether oxygens (including phenoxy) is 2. The van der Waals surface area contributed by atoms with Gasteiger partial charge in [0, 0.05) is 6.20 Å². The number of hydrogen-bond donors (Lipinski definition) is 0. The van der Waals surface area contributed by atoms with E-state index in [0.29, 0.717) is 17.0 Å². The van der Waals surface area contributed by atoms with Gasteiger partial charge in [0.1, 0.15) is 11.4 Å². The first-order valence-corrected chi connectivity index (χ1v) is 6.52. The van der Waals surface area contributed by atoms with Crippen LogP contribution in [0, 0.1) is 0 Å². The first-order valence-electron chi connectivity index (χ1n) is 6.52. The summed E-state index contributed by atoms with van der Waals surface area (Å²) in [6.07, 6.45) is 1.60. The number of rotatable bonds is 3. The molecule has 3 aromatic rings. The highest BCUT2D eigenvalue weighted by Crippen LogP contribution is 2.14. The van der Waals surface area contributed by atoms with Crippen molar-refractivity contribution in [3.63, 3.8) is 0 Å². The van der Waals surface area contributed by atoms with E-state index in [1.165, 1.54) is 10.5 Å². The molecule has 2 aromatic heterocycles. The van der Waals surface area contributed by atoms with E-state index in [-0.39, 0.29) is 11.4 Å². The van der Waals surface area contributed by atoms with Gasteiger partial charge in [-0.15, -0.1) is 0 Å². The zero-order valence-electron chi connectivity index (χ0n) is 11.7. The van der Waals surface area contributed by atoms with Crippen molar-refractivity contribution in [3.8, 4) is 11.6 Å². The standard InChI is InChI=1S/C16H12N2O4/c1-21-12-7-5-11(6-8-12)16(20)22-14-10-15(19)18-9-3-2-4-13(18)17-14/h2-10H,1H3. The van der Waals surface area contributed by atoms with Gasteiger partial charge >= 0.3 is 5.97 Å². The van der Waals surface area contributed by atoms with Crippen molar-refractivity contribution in [1.29, 1.82) is 0 Å². The molecule has 1 aromatic carbocycles. The third kappa shape index (κ3) is 2.67. The molecule has 0 unspecified atom stereocenters. The van der Waals surface area contributed by atoms with E-state index in [1.807, 2.05) is 0 Å². The first-order chi connectivity index (χ1) is 10.7. The Kier molecular flexibility index (Phi) is 3.57. The summed E-state index contributed by atoms with van der Waals surface area (Å²) in [4.78, 5) is 28.1. The number of aromatic nitrogens is 2. The minimum Gasteiger partial charge on any atom is -0.497 e. The van der Waals surface area contributed by atoms with Crippen LogP contribution in [0.5, 0.6) is 11.6 Å². The van der Waals surface area contributed by atoms with Crippen LogP contribution in [0.15, 0.2) is 59.5 Å². The molecule has 0 bridgehead atoms. The van der Waals surface area contributed by atoms with Gasteiger partial charge in [-0.2, -0.15) is 4.98 Å². The van der Waals surface area contributed by atoms with Crippen LogP contribution in [0.1, 0.15) is 10.4 Å². The van der Waals surface area contributed by atoms with E-state index in [9.17, 15) is 9.59 Å². The number of hydrogen-bond acceptors (Lipinski definition) is 5. The zero-order valence-corrected chi connectivity index (χ0v) is 11.7. The molecule has 0 aliphatic carbocycles. The quantitative estimate of drug-likeness (QED) is 0.691. The van der Waals surface area contributed by atoms with Gasteiger partial charge in [0.2, 0.25) is 5.88 Å². The van der Waals surface area contributed by atoms with Crippen LogP contribution in [0.4, 0.5) is 0 Å². The summed E-state index contributed by atoms with van der Waals surface area (Å²) >= 11 is 0. The van der Waals surface area contributed by atoms with Crippen LogP contribution in [-0.4, -0.2) is 22.5 Å². The molecule has 0 aliphatic rings. The summed E-state index contributed by atoms with van der Waals surface area (Å²) in [5.41, 5.74) is 0.437. The first kappa shape index (κ1) is 13.8. The zero-order chi connectivity index (χ0) is 15.5. The normalized spacial score (nSPS) is 10.4. The number of methoxy groups -OCH3 is 1. The number of fused-ring (bicyclic) bond motifs is 1. The van der Waals surface area contributed by atoms with Gasteiger partial charge in [0.15, 0.2) is 0 Å². The van der Waals surface area contributed by atoms with E-state index < -0.39 is 5.97 Å². The van der Waals surface area contributed by atoms with Crippen LogP contribution in [0.25, 0.3) is 5.65 Å². The van der Waals surface area contributed by atoms with Crippen LogP contribution in [0.3, 0.4) is 0 Å². The highest BCUT2D eigenvalue weighted by molar-refractivity contribution is 5.91. The van der Waals surface area contributed by atoms with Crippen molar-refractivity contribution in [1.82, 2.24) is 9.38 Å². The van der Waals surface area contributed by atoms with Crippen molar-refractivity contribution in [2.24, 2.45) is 0 Å². The van der Waals surface area contributed by atoms with E-state index >= 15 is 0 Å². The SMILES string of the molecule is COc1ccc(C(=O)Oc2cc(=O)n3ccccc3n2)cc1.